The van der Waals surface area contributed by atoms with Gasteiger partial charge in [-0.3, -0.25) is 4.79 Å². The molecule has 0 aliphatic heterocycles. The lowest BCUT2D eigenvalue weighted by Gasteiger charge is -2.11. The number of carbonyl (C=O) groups is 1. The molecule has 0 bridgehead atoms. The fourth-order valence-corrected chi connectivity index (χ4v) is 2.53. The van der Waals surface area contributed by atoms with E-state index in [2.05, 4.69) is 25.5 Å². The Morgan fingerprint density at radius 2 is 1.93 bits per heavy atom. The number of methoxy groups -OCH3 is 1. The van der Waals surface area contributed by atoms with Crippen LogP contribution in [0.25, 0.3) is 11.4 Å². The smallest absolute Gasteiger partial charge is 0.387 e. The normalized spacial score (nSPS) is 10.8. The molecule has 3 rings (SSSR count). The fraction of sp³-hybridized carbons (Fsp3) is 0.263. The summed E-state index contributed by atoms with van der Waals surface area (Å²) in [6.07, 6.45) is 0. The highest BCUT2D eigenvalue weighted by Gasteiger charge is 2.12. The van der Waals surface area contributed by atoms with Crippen LogP contribution in [0.1, 0.15) is 11.1 Å². The van der Waals surface area contributed by atoms with Crippen LogP contribution in [-0.4, -0.2) is 39.8 Å². The Kier molecular flexibility index (Phi) is 6.32. The standard InChI is InChI=1S/C19H19F2N5O3/c1-12-3-6-14(7-4-12)18-23-25-26(24-18)11-17(27)22-10-13-5-8-15(29-19(20)21)16(9-13)28-2/h3-9,19H,10-11H2,1-2H3,(H,22,27). The number of amides is 1. The van der Waals surface area contributed by atoms with Crippen molar-refractivity contribution in [3.05, 3.63) is 53.6 Å². The lowest BCUT2D eigenvalue weighted by molar-refractivity contribution is -0.122. The molecule has 10 heteroatoms. The molecule has 2 aromatic carbocycles. The SMILES string of the molecule is COc1cc(CNC(=O)Cn2nnc(-c3ccc(C)cc3)n2)ccc1OC(F)F. The molecule has 0 radical (unpaired) electrons. The van der Waals surface area contributed by atoms with Crippen molar-refractivity contribution in [2.45, 2.75) is 26.6 Å². The van der Waals surface area contributed by atoms with Crippen molar-refractivity contribution in [2.24, 2.45) is 0 Å². The third kappa shape index (κ3) is 5.47. The van der Waals surface area contributed by atoms with E-state index < -0.39 is 6.61 Å². The average Bonchev–Trinajstić information content (AvgIpc) is 3.15. The Morgan fingerprint density at radius 3 is 2.62 bits per heavy atom. The molecule has 0 aliphatic carbocycles. The van der Waals surface area contributed by atoms with Crippen molar-refractivity contribution in [1.29, 1.82) is 0 Å². The summed E-state index contributed by atoms with van der Waals surface area (Å²) < 4.78 is 34.2. The summed E-state index contributed by atoms with van der Waals surface area (Å²) in [5.41, 5.74) is 2.58. The molecule has 0 saturated heterocycles. The number of halogens is 2. The number of carbonyl (C=O) groups excluding carboxylic acids is 1. The molecule has 8 nitrogen and oxygen atoms in total. The highest BCUT2D eigenvalue weighted by atomic mass is 19.3. The van der Waals surface area contributed by atoms with E-state index in [1.54, 1.807) is 6.07 Å². The second-order valence-corrected chi connectivity index (χ2v) is 6.15. The Balaban J connectivity index is 1.57. The van der Waals surface area contributed by atoms with Crippen LogP contribution in [0.2, 0.25) is 0 Å². The van der Waals surface area contributed by atoms with E-state index in [0.29, 0.717) is 11.4 Å². The molecule has 1 heterocycles. The number of nitrogens with one attached hydrogen (secondary N) is 1. The predicted octanol–water partition coefficient (Wildman–Crippen LogP) is 2.57. The van der Waals surface area contributed by atoms with Crippen molar-refractivity contribution in [2.75, 3.05) is 7.11 Å². The van der Waals surface area contributed by atoms with E-state index in [1.807, 2.05) is 31.2 Å². The first-order chi connectivity index (χ1) is 13.9. The van der Waals surface area contributed by atoms with Crippen LogP contribution in [0.15, 0.2) is 42.5 Å². The number of rotatable bonds is 8. The number of tetrazole rings is 1. The Hall–Kier alpha value is -3.56. The minimum absolute atomic E-state index is 0.0759. The number of aryl methyl sites for hydroxylation is 1. The fourth-order valence-electron chi connectivity index (χ4n) is 2.53. The molecule has 152 valence electrons. The second kappa shape index (κ2) is 9.09. The van der Waals surface area contributed by atoms with Gasteiger partial charge in [-0.1, -0.05) is 35.9 Å². The molecule has 0 unspecified atom stereocenters. The Bertz CT molecular complexity index is 976. The van der Waals surface area contributed by atoms with Crippen LogP contribution < -0.4 is 14.8 Å². The molecule has 1 aromatic heterocycles. The largest absolute Gasteiger partial charge is 0.493 e. The number of hydrogen-bond donors (Lipinski definition) is 1. The molecule has 0 atom stereocenters. The maximum absolute atomic E-state index is 12.4. The van der Waals surface area contributed by atoms with Crippen molar-refractivity contribution in [1.82, 2.24) is 25.5 Å². The van der Waals surface area contributed by atoms with Gasteiger partial charge in [0.25, 0.3) is 0 Å². The lowest BCUT2D eigenvalue weighted by atomic mass is 10.1. The third-order valence-electron chi connectivity index (χ3n) is 3.98. The number of benzene rings is 2. The Labute approximate surface area is 165 Å². The number of aromatic nitrogens is 4. The molecular weight excluding hydrogens is 384 g/mol. The van der Waals surface area contributed by atoms with Crippen molar-refractivity contribution >= 4 is 5.91 Å². The maximum atomic E-state index is 12.4. The second-order valence-electron chi connectivity index (χ2n) is 6.15. The monoisotopic (exact) mass is 403 g/mol. The molecule has 1 amide bonds. The van der Waals surface area contributed by atoms with Gasteiger partial charge in [-0.05, 0) is 29.8 Å². The van der Waals surface area contributed by atoms with Gasteiger partial charge in [0.1, 0.15) is 6.54 Å². The number of nitrogens with zero attached hydrogens (tertiary/aromatic N) is 4. The van der Waals surface area contributed by atoms with Crippen LogP contribution in [0.4, 0.5) is 8.78 Å². The zero-order valence-electron chi connectivity index (χ0n) is 15.8. The molecule has 0 spiro atoms. The first-order valence-electron chi connectivity index (χ1n) is 8.68. The number of alkyl halides is 2. The molecule has 0 aliphatic rings. The molecular formula is C19H19F2N5O3. The van der Waals surface area contributed by atoms with Gasteiger partial charge in [-0.15, -0.1) is 10.2 Å². The van der Waals surface area contributed by atoms with Crippen LogP contribution >= 0.6 is 0 Å². The number of hydrogen-bond acceptors (Lipinski definition) is 6. The lowest BCUT2D eigenvalue weighted by Crippen LogP contribution is -2.28. The van der Waals surface area contributed by atoms with Crippen molar-refractivity contribution in [3.8, 4) is 22.9 Å². The zero-order chi connectivity index (χ0) is 20.8. The van der Waals surface area contributed by atoms with Gasteiger partial charge in [-0.25, -0.2) is 0 Å². The zero-order valence-corrected chi connectivity index (χ0v) is 15.8. The minimum atomic E-state index is -2.95. The molecule has 1 N–H and O–H groups in total. The summed E-state index contributed by atoms with van der Waals surface area (Å²) in [5, 5.41) is 14.7. The summed E-state index contributed by atoms with van der Waals surface area (Å²) >= 11 is 0. The van der Waals surface area contributed by atoms with Gasteiger partial charge in [0.05, 0.1) is 7.11 Å². The van der Waals surface area contributed by atoms with Gasteiger partial charge in [0.15, 0.2) is 11.5 Å². The minimum Gasteiger partial charge on any atom is -0.493 e. The van der Waals surface area contributed by atoms with E-state index in [0.717, 1.165) is 11.1 Å². The third-order valence-corrected chi connectivity index (χ3v) is 3.98. The van der Waals surface area contributed by atoms with Crippen LogP contribution in [-0.2, 0) is 17.9 Å². The van der Waals surface area contributed by atoms with Crippen LogP contribution in [0.3, 0.4) is 0 Å². The van der Waals surface area contributed by atoms with Gasteiger partial charge in [-0.2, -0.15) is 13.6 Å². The summed E-state index contributed by atoms with van der Waals surface area (Å²) in [5.74, 6) is 0.174. The van der Waals surface area contributed by atoms with Crippen molar-refractivity contribution < 1.29 is 23.0 Å². The van der Waals surface area contributed by atoms with Gasteiger partial charge >= 0.3 is 6.61 Å². The summed E-state index contributed by atoms with van der Waals surface area (Å²) in [7, 11) is 1.35. The topological polar surface area (TPSA) is 91.2 Å². The first-order valence-corrected chi connectivity index (χ1v) is 8.68. The summed E-state index contributed by atoms with van der Waals surface area (Å²) in [4.78, 5) is 13.3. The first kappa shape index (κ1) is 20.2. The Morgan fingerprint density at radius 1 is 1.17 bits per heavy atom. The average molecular weight is 403 g/mol. The van der Waals surface area contributed by atoms with Crippen LogP contribution in [0, 0.1) is 6.92 Å². The molecule has 3 aromatic rings. The van der Waals surface area contributed by atoms with E-state index >= 15 is 0 Å². The molecule has 0 fully saturated rings. The van der Waals surface area contributed by atoms with E-state index in [-0.39, 0.29) is 30.5 Å². The number of ether oxygens (including phenoxy) is 2. The van der Waals surface area contributed by atoms with Gasteiger partial charge in [0.2, 0.25) is 11.7 Å². The van der Waals surface area contributed by atoms with E-state index in [4.69, 9.17) is 4.74 Å². The van der Waals surface area contributed by atoms with Crippen molar-refractivity contribution in [3.63, 3.8) is 0 Å². The maximum Gasteiger partial charge on any atom is 0.387 e. The van der Waals surface area contributed by atoms with Crippen LogP contribution in [0.5, 0.6) is 11.5 Å². The quantitative estimate of drug-likeness (QED) is 0.622. The molecule has 29 heavy (non-hydrogen) atoms. The molecule has 0 saturated carbocycles. The highest BCUT2D eigenvalue weighted by molar-refractivity contribution is 5.75. The summed E-state index contributed by atoms with van der Waals surface area (Å²) in [6, 6.07) is 12.1. The highest BCUT2D eigenvalue weighted by Crippen LogP contribution is 2.29. The van der Waals surface area contributed by atoms with Gasteiger partial charge < -0.3 is 14.8 Å². The summed E-state index contributed by atoms with van der Waals surface area (Å²) in [6.45, 7) is -0.908. The predicted molar refractivity (Wildman–Crippen MR) is 99.5 cm³/mol. The van der Waals surface area contributed by atoms with Gasteiger partial charge in [0, 0.05) is 12.1 Å². The van der Waals surface area contributed by atoms with E-state index in [9.17, 15) is 13.6 Å². The van der Waals surface area contributed by atoms with E-state index in [1.165, 1.54) is 24.0 Å².